The zero-order chi connectivity index (χ0) is 14.7. The standard InChI is InChI=1S/C16H14O4/c1-10-2-5-15(19)13(8-10)16(20)6-3-11-9-12(17)4-7-14(11)18/h2-9,17-19H,1H3. The zero-order valence-corrected chi connectivity index (χ0v) is 10.9. The van der Waals surface area contributed by atoms with E-state index in [1.54, 1.807) is 12.1 Å². The number of aromatic hydroxyl groups is 3. The Hall–Kier alpha value is -2.75. The minimum Gasteiger partial charge on any atom is -0.508 e. The normalized spacial score (nSPS) is 10.8. The molecule has 0 saturated carbocycles. The summed E-state index contributed by atoms with van der Waals surface area (Å²) in [4.78, 5) is 12.0. The van der Waals surface area contributed by atoms with Crippen LogP contribution >= 0.6 is 0 Å². The lowest BCUT2D eigenvalue weighted by atomic mass is 10.1. The van der Waals surface area contributed by atoms with Crippen LogP contribution in [0.15, 0.2) is 42.5 Å². The summed E-state index contributed by atoms with van der Waals surface area (Å²) >= 11 is 0. The lowest BCUT2D eigenvalue weighted by molar-refractivity contribution is 0.104. The van der Waals surface area contributed by atoms with E-state index >= 15 is 0 Å². The Morgan fingerprint density at radius 1 is 1.00 bits per heavy atom. The van der Waals surface area contributed by atoms with Crippen molar-refractivity contribution in [2.75, 3.05) is 0 Å². The predicted molar refractivity (Wildman–Crippen MR) is 76.0 cm³/mol. The summed E-state index contributed by atoms with van der Waals surface area (Å²) in [5.74, 6) is -0.520. The number of benzene rings is 2. The molecule has 4 nitrogen and oxygen atoms in total. The monoisotopic (exact) mass is 270 g/mol. The van der Waals surface area contributed by atoms with Crippen LogP contribution in [0.1, 0.15) is 21.5 Å². The number of phenolic OH excluding ortho intramolecular Hbond substituents is 3. The van der Waals surface area contributed by atoms with Gasteiger partial charge in [0.15, 0.2) is 5.78 Å². The molecule has 0 bridgehead atoms. The van der Waals surface area contributed by atoms with Crippen LogP contribution < -0.4 is 0 Å². The van der Waals surface area contributed by atoms with Gasteiger partial charge < -0.3 is 15.3 Å². The van der Waals surface area contributed by atoms with Crippen LogP contribution in [0.3, 0.4) is 0 Å². The number of carbonyl (C=O) groups excluding carboxylic acids is 1. The molecule has 0 aliphatic carbocycles. The van der Waals surface area contributed by atoms with E-state index in [1.807, 2.05) is 6.92 Å². The van der Waals surface area contributed by atoms with Crippen molar-refractivity contribution >= 4 is 11.9 Å². The molecule has 2 aromatic rings. The second kappa shape index (κ2) is 5.48. The van der Waals surface area contributed by atoms with Gasteiger partial charge in [-0.05, 0) is 49.4 Å². The minimum atomic E-state index is -0.381. The fraction of sp³-hybridized carbons (Fsp3) is 0.0625. The van der Waals surface area contributed by atoms with E-state index in [0.717, 1.165) is 5.56 Å². The maximum atomic E-state index is 12.0. The third-order valence-corrected chi connectivity index (χ3v) is 2.84. The maximum absolute atomic E-state index is 12.0. The van der Waals surface area contributed by atoms with Crippen molar-refractivity contribution < 1.29 is 20.1 Å². The van der Waals surface area contributed by atoms with Gasteiger partial charge in [0, 0.05) is 5.56 Å². The number of ketones is 1. The first-order valence-corrected chi connectivity index (χ1v) is 6.01. The van der Waals surface area contributed by atoms with Crippen molar-refractivity contribution in [1.82, 2.24) is 0 Å². The van der Waals surface area contributed by atoms with Crippen molar-refractivity contribution in [3.8, 4) is 17.2 Å². The number of hydrogen-bond donors (Lipinski definition) is 3. The molecule has 4 heteroatoms. The van der Waals surface area contributed by atoms with E-state index in [9.17, 15) is 20.1 Å². The van der Waals surface area contributed by atoms with Gasteiger partial charge in [-0.25, -0.2) is 0 Å². The molecule has 20 heavy (non-hydrogen) atoms. The molecule has 0 aliphatic rings. The average Bonchev–Trinajstić information content (AvgIpc) is 2.42. The van der Waals surface area contributed by atoms with Gasteiger partial charge in [0.05, 0.1) is 5.56 Å². The molecule has 0 heterocycles. The van der Waals surface area contributed by atoms with E-state index in [4.69, 9.17) is 0 Å². The van der Waals surface area contributed by atoms with Crippen LogP contribution in [0, 0.1) is 6.92 Å². The van der Waals surface area contributed by atoms with Gasteiger partial charge in [-0.1, -0.05) is 11.6 Å². The third kappa shape index (κ3) is 2.98. The maximum Gasteiger partial charge on any atom is 0.189 e. The number of phenols is 3. The predicted octanol–water partition coefficient (Wildman–Crippen LogP) is 3.01. The van der Waals surface area contributed by atoms with Crippen LogP contribution in [0.5, 0.6) is 17.2 Å². The second-order valence-electron chi connectivity index (χ2n) is 4.46. The van der Waals surface area contributed by atoms with Gasteiger partial charge in [-0.2, -0.15) is 0 Å². The Bertz CT molecular complexity index is 687. The Kier molecular flexibility index (Phi) is 3.75. The highest BCUT2D eigenvalue weighted by molar-refractivity contribution is 6.08. The van der Waals surface area contributed by atoms with Crippen molar-refractivity contribution in [3.63, 3.8) is 0 Å². The van der Waals surface area contributed by atoms with Gasteiger partial charge >= 0.3 is 0 Å². The molecule has 0 aromatic heterocycles. The number of hydrogen-bond acceptors (Lipinski definition) is 4. The number of aryl methyl sites for hydroxylation is 1. The number of carbonyl (C=O) groups is 1. The smallest absolute Gasteiger partial charge is 0.189 e. The van der Waals surface area contributed by atoms with Gasteiger partial charge in [0.1, 0.15) is 17.2 Å². The molecule has 0 unspecified atom stereocenters. The molecule has 0 fully saturated rings. The Labute approximate surface area is 116 Å². The largest absolute Gasteiger partial charge is 0.508 e. The topological polar surface area (TPSA) is 77.8 Å². The van der Waals surface area contributed by atoms with Gasteiger partial charge in [-0.3, -0.25) is 4.79 Å². The van der Waals surface area contributed by atoms with Crippen LogP contribution in [-0.4, -0.2) is 21.1 Å². The highest BCUT2D eigenvalue weighted by Crippen LogP contribution is 2.24. The molecule has 0 aliphatic heterocycles. The van der Waals surface area contributed by atoms with E-state index in [1.165, 1.54) is 36.4 Å². The molecule has 102 valence electrons. The van der Waals surface area contributed by atoms with Crippen LogP contribution in [0.2, 0.25) is 0 Å². The quantitative estimate of drug-likeness (QED) is 0.455. The first kappa shape index (κ1) is 13.7. The molecule has 2 aromatic carbocycles. The molecule has 0 radical (unpaired) electrons. The van der Waals surface area contributed by atoms with Crippen molar-refractivity contribution in [2.45, 2.75) is 6.92 Å². The summed E-state index contributed by atoms with van der Waals surface area (Å²) in [5, 5.41) is 28.6. The van der Waals surface area contributed by atoms with Gasteiger partial charge in [-0.15, -0.1) is 0 Å². The molecule has 0 spiro atoms. The fourth-order valence-electron chi connectivity index (χ4n) is 1.78. The molecular weight excluding hydrogens is 256 g/mol. The highest BCUT2D eigenvalue weighted by Gasteiger charge is 2.08. The minimum absolute atomic E-state index is 0.00620. The van der Waals surface area contributed by atoms with Gasteiger partial charge in [0.2, 0.25) is 0 Å². The summed E-state index contributed by atoms with van der Waals surface area (Å²) in [5.41, 5.74) is 1.38. The van der Waals surface area contributed by atoms with E-state index < -0.39 is 0 Å². The lowest BCUT2D eigenvalue weighted by Gasteiger charge is -2.02. The molecular formula is C16H14O4. The van der Waals surface area contributed by atoms with E-state index in [-0.39, 0.29) is 28.6 Å². The molecule has 0 atom stereocenters. The molecule has 0 amide bonds. The number of rotatable bonds is 3. The summed E-state index contributed by atoms with van der Waals surface area (Å²) in [6.45, 7) is 1.82. The van der Waals surface area contributed by atoms with Crippen molar-refractivity contribution in [2.24, 2.45) is 0 Å². The fourth-order valence-corrected chi connectivity index (χ4v) is 1.78. The SMILES string of the molecule is Cc1ccc(O)c(C(=O)C=Cc2cc(O)ccc2O)c1. The van der Waals surface area contributed by atoms with Crippen LogP contribution in [-0.2, 0) is 0 Å². The zero-order valence-electron chi connectivity index (χ0n) is 10.9. The van der Waals surface area contributed by atoms with Crippen molar-refractivity contribution in [3.05, 3.63) is 59.2 Å². The Morgan fingerprint density at radius 2 is 1.70 bits per heavy atom. The highest BCUT2D eigenvalue weighted by atomic mass is 16.3. The molecule has 3 N–H and O–H groups in total. The Balaban J connectivity index is 2.29. The Morgan fingerprint density at radius 3 is 2.45 bits per heavy atom. The first-order valence-electron chi connectivity index (χ1n) is 6.01. The average molecular weight is 270 g/mol. The lowest BCUT2D eigenvalue weighted by Crippen LogP contribution is -1.95. The summed E-state index contributed by atoms with van der Waals surface area (Å²) in [7, 11) is 0. The second-order valence-corrected chi connectivity index (χ2v) is 4.46. The van der Waals surface area contributed by atoms with E-state index in [2.05, 4.69) is 0 Å². The summed E-state index contributed by atoms with van der Waals surface area (Å²) in [6, 6.07) is 8.78. The third-order valence-electron chi connectivity index (χ3n) is 2.84. The van der Waals surface area contributed by atoms with Crippen molar-refractivity contribution in [1.29, 1.82) is 0 Å². The summed E-state index contributed by atoms with van der Waals surface area (Å²) < 4.78 is 0. The van der Waals surface area contributed by atoms with Crippen LogP contribution in [0.4, 0.5) is 0 Å². The van der Waals surface area contributed by atoms with E-state index in [0.29, 0.717) is 5.56 Å². The number of allylic oxidation sites excluding steroid dienone is 1. The molecule has 0 saturated heterocycles. The first-order chi connectivity index (χ1) is 9.47. The van der Waals surface area contributed by atoms with Crippen LogP contribution in [0.25, 0.3) is 6.08 Å². The molecule has 2 rings (SSSR count). The van der Waals surface area contributed by atoms with Gasteiger partial charge in [0.25, 0.3) is 0 Å². The summed E-state index contributed by atoms with van der Waals surface area (Å²) in [6.07, 6.45) is 2.63.